The second-order valence-electron chi connectivity index (χ2n) is 4.68. The molecule has 2 rings (SSSR count). The molecule has 110 valence electrons. The predicted molar refractivity (Wildman–Crippen MR) is 77.1 cm³/mol. The van der Waals surface area contributed by atoms with E-state index in [1.165, 1.54) is 18.2 Å². The molecule has 20 heavy (non-hydrogen) atoms. The Hall–Kier alpha value is -1.15. The zero-order valence-corrected chi connectivity index (χ0v) is 12.3. The highest BCUT2D eigenvalue weighted by atomic mass is 35.5. The van der Waals surface area contributed by atoms with Gasteiger partial charge in [-0.3, -0.25) is 4.79 Å². The topological polar surface area (TPSA) is 101 Å². The third-order valence-electron chi connectivity index (χ3n) is 3.15. The number of hydrogen-bond donors (Lipinski definition) is 3. The number of benzene rings is 1. The molecule has 1 fully saturated rings. The van der Waals surface area contributed by atoms with Gasteiger partial charge in [-0.1, -0.05) is 18.0 Å². The van der Waals surface area contributed by atoms with Crippen molar-refractivity contribution in [1.29, 1.82) is 0 Å². The summed E-state index contributed by atoms with van der Waals surface area (Å²) in [5, 5.41) is 11.1. The minimum atomic E-state index is -3.83. The van der Waals surface area contributed by atoms with Crippen LogP contribution >= 0.6 is 11.6 Å². The number of nitrogens with one attached hydrogen (secondary N) is 2. The Morgan fingerprint density at radius 2 is 2.15 bits per heavy atom. The first-order chi connectivity index (χ1) is 9.38. The van der Waals surface area contributed by atoms with Crippen molar-refractivity contribution in [3.05, 3.63) is 23.2 Å². The lowest BCUT2D eigenvalue weighted by Crippen LogP contribution is -2.43. The van der Waals surface area contributed by atoms with E-state index in [0.717, 1.165) is 25.8 Å². The third kappa shape index (κ3) is 3.69. The molecule has 1 saturated heterocycles. The highest BCUT2D eigenvalue weighted by molar-refractivity contribution is 7.89. The molecular weight excluding hydrogens is 302 g/mol. The molecule has 1 heterocycles. The van der Waals surface area contributed by atoms with Crippen LogP contribution in [0, 0.1) is 0 Å². The zero-order valence-electron chi connectivity index (χ0n) is 10.7. The molecule has 0 saturated carbocycles. The lowest BCUT2D eigenvalue weighted by Gasteiger charge is -2.22. The first-order valence-electron chi connectivity index (χ1n) is 6.24. The van der Waals surface area contributed by atoms with Crippen molar-refractivity contribution >= 4 is 33.2 Å². The average molecular weight is 318 g/mol. The van der Waals surface area contributed by atoms with Crippen molar-refractivity contribution in [3.8, 4) is 0 Å². The van der Waals surface area contributed by atoms with Gasteiger partial charge in [0.25, 0.3) is 0 Å². The van der Waals surface area contributed by atoms with Crippen LogP contribution in [0.5, 0.6) is 0 Å². The van der Waals surface area contributed by atoms with E-state index in [2.05, 4.69) is 10.6 Å². The molecule has 6 nitrogen and oxygen atoms in total. The third-order valence-corrected chi connectivity index (χ3v) is 4.39. The lowest BCUT2D eigenvalue weighted by molar-refractivity contribution is -0.118. The first kappa shape index (κ1) is 15.2. The van der Waals surface area contributed by atoms with Crippen molar-refractivity contribution in [2.24, 2.45) is 5.14 Å². The van der Waals surface area contributed by atoms with Crippen LogP contribution in [0.25, 0.3) is 0 Å². The van der Waals surface area contributed by atoms with Crippen LogP contribution in [0.2, 0.25) is 5.02 Å². The van der Waals surface area contributed by atoms with E-state index >= 15 is 0 Å². The van der Waals surface area contributed by atoms with E-state index in [0.29, 0.717) is 0 Å². The maximum Gasteiger partial charge on any atom is 0.241 e. The van der Waals surface area contributed by atoms with Gasteiger partial charge < -0.3 is 10.6 Å². The molecule has 0 aromatic heterocycles. The van der Waals surface area contributed by atoms with Gasteiger partial charge in [-0.2, -0.15) is 0 Å². The number of sulfonamides is 1. The number of piperidine rings is 1. The van der Waals surface area contributed by atoms with Crippen LogP contribution in [-0.4, -0.2) is 26.9 Å². The Bertz CT molecular complexity index is 612. The molecular formula is C12H16ClN3O3S. The average Bonchev–Trinajstić information content (AvgIpc) is 2.41. The van der Waals surface area contributed by atoms with E-state index in [1.54, 1.807) is 0 Å². The van der Waals surface area contributed by atoms with Crippen LogP contribution in [0.15, 0.2) is 23.1 Å². The number of carbonyl (C=O) groups excluding carboxylic acids is 1. The minimum absolute atomic E-state index is 0.0891. The summed E-state index contributed by atoms with van der Waals surface area (Å²) in [4.78, 5) is 12.0. The molecule has 1 atom stereocenters. The van der Waals surface area contributed by atoms with Gasteiger partial charge in [-0.05, 0) is 37.6 Å². The van der Waals surface area contributed by atoms with Crippen molar-refractivity contribution < 1.29 is 13.2 Å². The Labute approximate surface area is 122 Å². The summed E-state index contributed by atoms with van der Waals surface area (Å²) in [5.41, 5.74) is 0.246. The fourth-order valence-electron chi connectivity index (χ4n) is 2.07. The molecule has 0 bridgehead atoms. The van der Waals surface area contributed by atoms with Crippen LogP contribution in [0.1, 0.15) is 19.3 Å². The normalized spacial score (nSPS) is 19.6. The van der Waals surface area contributed by atoms with Crippen molar-refractivity contribution in [2.75, 3.05) is 11.9 Å². The van der Waals surface area contributed by atoms with E-state index in [1.807, 2.05) is 0 Å². The summed E-state index contributed by atoms with van der Waals surface area (Å²) in [7, 11) is -3.83. The number of carbonyl (C=O) groups is 1. The van der Waals surface area contributed by atoms with E-state index in [4.69, 9.17) is 16.7 Å². The minimum Gasteiger partial charge on any atom is -0.323 e. The number of hydrogen-bond acceptors (Lipinski definition) is 4. The molecule has 8 heteroatoms. The van der Waals surface area contributed by atoms with Crippen molar-refractivity contribution in [1.82, 2.24) is 5.32 Å². The van der Waals surface area contributed by atoms with Crippen LogP contribution < -0.4 is 15.8 Å². The van der Waals surface area contributed by atoms with E-state index < -0.39 is 10.0 Å². The highest BCUT2D eigenvalue weighted by Crippen LogP contribution is 2.25. The van der Waals surface area contributed by atoms with Crippen LogP contribution in [0.3, 0.4) is 0 Å². The smallest absolute Gasteiger partial charge is 0.241 e. The van der Waals surface area contributed by atoms with Gasteiger partial charge in [-0.15, -0.1) is 0 Å². The van der Waals surface area contributed by atoms with Crippen molar-refractivity contribution in [3.63, 3.8) is 0 Å². The number of anilines is 1. The number of nitrogens with two attached hydrogens (primary N) is 1. The molecule has 0 radical (unpaired) electrons. The Morgan fingerprint density at radius 3 is 2.75 bits per heavy atom. The maximum atomic E-state index is 12.1. The Kier molecular flexibility index (Phi) is 4.64. The summed E-state index contributed by atoms with van der Waals surface area (Å²) in [5.74, 6) is -0.224. The fourth-order valence-corrected chi connectivity index (χ4v) is 2.78. The summed E-state index contributed by atoms with van der Waals surface area (Å²) in [6.45, 7) is 0.795. The van der Waals surface area contributed by atoms with Crippen molar-refractivity contribution in [2.45, 2.75) is 30.2 Å². The molecule has 1 aromatic rings. The Balaban J connectivity index is 2.18. The molecule has 0 aliphatic carbocycles. The summed E-state index contributed by atoms with van der Waals surface area (Å²) < 4.78 is 22.6. The zero-order chi connectivity index (χ0) is 14.8. The molecule has 1 amide bonds. The SMILES string of the molecule is NS(=O)(=O)c1ccc(Cl)c(NC(=O)[C@H]2CCCCN2)c1. The van der Waals surface area contributed by atoms with Gasteiger partial charge in [0.15, 0.2) is 0 Å². The molecule has 0 spiro atoms. The van der Waals surface area contributed by atoms with Gasteiger partial charge >= 0.3 is 0 Å². The summed E-state index contributed by atoms with van der Waals surface area (Å²) >= 11 is 5.96. The standard InChI is InChI=1S/C12H16ClN3O3S/c13-9-5-4-8(20(14,18)19)7-11(9)16-12(17)10-3-1-2-6-15-10/h4-5,7,10,15H,1-3,6H2,(H,16,17)(H2,14,18,19)/t10-/m1/s1. The van der Waals surface area contributed by atoms with Gasteiger partial charge in [0.1, 0.15) is 0 Å². The van der Waals surface area contributed by atoms with E-state index in [-0.39, 0.29) is 27.6 Å². The quantitative estimate of drug-likeness (QED) is 0.776. The van der Waals surface area contributed by atoms with Gasteiger partial charge in [-0.25, -0.2) is 13.6 Å². The number of amides is 1. The number of halogens is 1. The van der Waals surface area contributed by atoms with E-state index in [9.17, 15) is 13.2 Å². The molecule has 4 N–H and O–H groups in total. The molecule has 1 aliphatic heterocycles. The van der Waals surface area contributed by atoms with Gasteiger partial charge in [0.05, 0.1) is 21.6 Å². The van der Waals surface area contributed by atoms with Gasteiger partial charge in [0.2, 0.25) is 15.9 Å². The predicted octanol–water partition coefficient (Wildman–Crippen LogP) is 1.07. The second-order valence-corrected chi connectivity index (χ2v) is 6.65. The largest absolute Gasteiger partial charge is 0.323 e. The molecule has 1 aliphatic rings. The first-order valence-corrected chi connectivity index (χ1v) is 8.17. The fraction of sp³-hybridized carbons (Fsp3) is 0.417. The Morgan fingerprint density at radius 1 is 1.40 bits per heavy atom. The summed E-state index contributed by atoms with van der Waals surface area (Å²) in [6, 6.07) is 3.67. The second kappa shape index (κ2) is 6.09. The number of primary sulfonamides is 1. The van der Waals surface area contributed by atoms with Crippen LogP contribution in [0.4, 0.5) is 5.69 Å². The maximum absolute atomic E-state index is 12.1. The van der Waals surface area contributed by atoms with Gasteiger partial charge in [0, 0.05) is 0 Å². The van der Waals surface area contributed by atoms with Crippen LogP contribution in [-0.2, 0) is 14.8 Å². The highest BCUT2D eigenvalue weighted by Gasteiger charge is 2.21. The molecule has 1 aromatic carbocycles. The summed E-state index contributed by atoms with van der Waals surface area (Å²) in [6.07, 6.45) is 2.78. The number of rotatable bonds is 3. The lowest BCUT2D eigenvalue weighted by atomic mass is 10.0. The molecule has 0 unspecified atom stereocenters. The monoisotopic (exact) mass is 317 g/mol.